The summed E-state index contributed by atoms with van der Waals surface area (Å²) >= 11 is 0. The van der Waals surface area contributed by atoms with Gasteiger partial charge in [-0.15, -0.1) is 0 Å². The number of phenols is 3. The number of phenolic OH excluding ortho intramolecular Hbond substituents is 3. The second-order valence-electron chi connectivity index (χ2n) is 5.42. The van der Waals surface area contributed by atoms with Crippen LogP contribution in [0.4, 0.5) is 13.2 Å². The van der Waals surface area contributed by atoms with Crippen LogP contribution in [0.1, 0.15) is 16.9 Å². The Morgan fingerprint density at radius 3 is 2.20 bits per heavy atom. The lowest BCUT2D eigenvalue weighted by Crippen LogP contribution is -2.19. The van der Waals surface area contributed by atoms with Crippen molar-refractivity contribution in [2.24, 2.45) is 0 Å². The fourth-order valence-electron chi connectivity index (χ4n) is 2.53. The topological polar surface area (TPSA) is 90.9 Å². The lowest BCUT2D eigenvalue weighted by Gasteiger charge is -2.13. The monoisotopic (exact) mass is 352 g/mol. The van der Waals surface area contributed by atoms with Gasteiger partial charge in [-0.25, -0.2) is 0 Å². The van der Waals surface area contributed by atoms with E-state index in [1.807, 2.05) is 0 Å². The zero-order valence-electron chi connectivity index (χ0n) is 12.5. The fraction of sp³-hybridized carbons (Fsp3) is 0.118. The molecule has 0 fully saturated rings. The lowest BCUT2D eigenvalue weighted by atomic mass is 10.0. The number of fused-ring (bicyclic) bond motifs is 1. The van der Waals surface area contributed by atoms with Gasteiger partial charge >= 0.3 is 6.18 Å². The molecule has 2 aromatic carbocycles. The molecule has 3 N–H and O–H groups in total. The third-order valence-corrected chi connectivity index (χ3v) is 3.63. The molecule has 0 radical (unpaired) electrons. The summed E-state index contributed by atoms with van der Waals surface area (Å²) in [6, 6.07) is 6.97. The maximum Gasteiger partial charge on any atom is 0.449 e. The summed E-state index contributed by atoms with van der Waals surface area (Å²) in [6.45, 7) is 0. The van der Waals surface area contributed by atoms with Gasteiger partial charge in [0.05, 0.1) is 5.56 Å². The number of alkyl halides is 3. The summed E-state index contributed by atoms with van der Waals surface area (Å²) < 4.78 is 44.8. The van der Waals surface area contributed by atoms with Crippen LogP contribution in [0.15, 0.2) is 45.6 Å². The minimum atomic E-state index is -4.94. The first kappa shape index (κ1) is 16.7. The number of hydrogen-bond acceptors (Lipinski definition) is 5. The minimum absolute atomic E-state index is 0.0709. The molecule has 0 spiro atoms. The highest BCUT2D eigenvalue weighted by Crippen LogP contribution is 2.36. The zero-order chi connectivity index (χ0) is 18.4. The molecule has 0 atom stereocenters. The number of halogens is 3. The molecule has 5 nitrogen and oxygen atoms in total. The SMILES string of the molecule is O=c1c(Cc2ccc(O)cc2)c(C(F)(F)F)oc2cc(O)cc(O)c12. The molecule has 0 saturated heterocycles. The normalized spacial score (nSPS) is 11.8. The number of hydrogen-bond donors (Lipinski definition) is 3. The molecule has 0 unspecified atom stereocenters. The van der Waals surface area contributed by atoms with E-state index in [0.717, 1.165) is 12.1 Å². The first-order valence-electron chi connectivity index (χ1n) is 7.03. The van der Waals surface area contributed by atoms with Gasteiger partial charge in [0.25, 0.3) is 0 Å². The van der Waals surface area contributed by atoms with Crippen molar-refractivity contribution in [3.05, 3.63) is 63.5 Å². The highest BCUT2D eigenvalue weighted by molar-refractivity contribution is 5.85. The molecule has 130 valence electrons. The van der Waals surface area contributed by atoms with Crippen molar-refractivity contribution in [1.29, 1.82) is 0 Å². The molecule has 0 aliphatic carbocycles. The summed E-state index contributed by atoms with van der Waals surface area (Å²) in [6.07, 6.45) is -5.35. The van der Waals surface area contributed by atoms with E-state index in [0.29, 0.717) is 5.56 Å². The minimum Gasteiger partial charge on any atom is -0.508 e. The largest absolute Gasteiger partial charge is 0.508 e. The molecular formula is C17H11F3O5. The van der Waals surface area contributed by atoms with Crippen LogP contribution in [0.2, 0.25) is 0 Å². The molecule has 1 heterocycles. The van der Waals surface area contributed by atoms with Gasteiger partial charge in [0, 0.05) is 18.6 Å². The summed E-state index contributed by atoms with van der Waals surface area (Å²) in [5.74, 6) is -2.78. The van der Waals surface area contributed by atoms with Gasteiger partial charge < -0.3 is 19.7 Å². The number of benzene rings is 2. The van der Waals surface area contributed by atoms with Gasteiger partial charge in [-0.2, -0.15) is 13.2 Å². The molecule has 3 rings (SSSR count). The van der Waals surface area contributed by atoms with E-state index in [4.69, 9.17) is 4.42 Å². The number of aromatic hydroxyl groups is 3. The second kappa shape index (κ2) is 5.73. The molecule has 8 heteroatoms. The van der Waals surface area contributed by atoms with Gasteiger partial charge in [-0.3, -0.25) is 4.79 Å². The van der Waals surface area contributed by atoms with Crippen molar-refractivity contribution in [2.75, 3.05) is 0 Å². The van der Waals surface area contributed by atoms with Crippen LogP contribution in [-0.4, -0.2) is 15.3 Å². The molecule has 0 amide bonds. The summed E-state index contributed by atoms with van der Waals surface area (Å²) in [5.41, 5.74) is -1.94. The highest BCUT2D eigenvalue weighted by Gasteiger charge is 2.39. The zero-order valence-corrected chi connectivity index (χ0v) is 12.5. The molecule has 0 bridgehead atoms. The Kier molecular flexibility index (Phi) is 3.82. The van der Waals surface area contributed by atoms with Crippen molar-refractivity contribution in [1.82, 2.24) is 0 Å². The van der Waals surface area contributed by atoms with Crippen LogP contribution in [0, 0.1) is 0 Å². The van der Waals surface area contributed by atoms with E-state index in [1.165, 1.54) is 24.3 Å². The Balaban J connectivity index is 2.29. The Morgan fingerprint density at radius 1 is 0.960 bits per heavy atom. The molecular weight excluding hydrogens is 341 g/mol. The lowest BCUT2D eigenvalue weighted by molar-refractivity contribution is -0.153. The van der Waals surface area contributed by atoms with E-state index < -0.39 is 51.8 Å². The average molecular weight is 352 g/mol. The van der Waals surface area contributed by atoms with Crippen LogP contribution in [0.5, 0.6) is 17.2 Å². The Bertz CT molecular complexity index is 1000. The Morgan fingerprint density at radius 2 is 1.60 bits per heavy atom. The molecule has 3 aromatic rings. The third kappa shape index (κ3) is 3.10. The van der Waals surface area contributed by atoms with Gasteiger partial charge in [0.15, 0.2) is 0 Å². The molecule has 0 saturated carbocycles. The summed E-state index contributed by atoms with van der Waals surface area (Å²) in [5, 5.41) is 28.0. The predicted molar refractivity (Wildman–Crippen MR) is 81.7 cm³/mol. The maximum atomic E-state index is 13.3. The van der Waals surface area contributed by atoms with Crippen molar-refractivity contribution >= 4 is 11.0 Å². The first-order chi connectivity index (χ1) is 11.7. The van der Waals surface area contributed by atoms with E-state index in [1.54, 1.807) is 0 Å². The predicted octanol–water partition coefficient (Wildman–Crippen LogP) is 3.52. The van der Waals surface area contributed by atoms with Crippen molar-refractivity contribution in [3.63, 3.8) is 0 Å². The standard InChI is InChI=1S/C17H11F3O5/c18-17(19,20)16-11(5-8-1-3-9(21)4-2-8)15(24)14-12(23)6-10(22)7-13(14)25-16/h1-4,6-7,21-23H,5H2. The number of rotatable bonds is 2. The third-order valence-electron chi connectivity index (χ3n) is 3.63. The van der Waals surface area contributed by atoms with Crippen LogP contribution in [-0.2, 0) is 12.6 Å². The van der Waals surface area contributed by atoms with E-state index >= 15 is 0 Å². The molecule has 0 aliphatic rings. The quantitative estimate of drug-likeness (QED) is 0.656. The van der Waals surface area contributed by atoms with Crippen LogP contribution < -0.4 is 5.43 Å². The summed E-state index contributed by atoms with van der Waals surface area (Å²) in [4.78, 5) is 12.5. The van der Waals surface area contributed by atoms with Crippen molar-refractivity contribution < 1.29 is 32.9 Å². The summed E-state index contributed by atoms with van der Waals surface area (Å²) in [7, 11) is 0. The van der Waals surface area contributed by atoms with E-state index in [-0.39, 0.29) is 5.75 Å². The highest BCUT2D eigenvalue weighted by atomic mass is 19.4. The molecule has 25 heavy (non-hydrogen) atoms. The second-order valence-corrected chi connectivity index (χ2v) is 5.42. The molecule has 1 aromatic heterocycles. The van der Waals surface area contributed by atoms with Crippen LogP contribution >= 0.6 is 0 Å². The maximum absolute atomic E-state index is 13.3. The van der Waals surface area contributed by atoms with E-state index in [2.05, 4.69) is 0 Å². The van der Waals surface area contributed by atoms with E-state index in [9.17, 15) is 33.3 Å². The van der Waals surface area contributed by atoms with Crippen molar-refractivity contribution in [3.8, 4) is 17.2 Å². The van der Waals surface area contributed by atoms with Gasteiger partial charge in [-0.05, 0) is 17.7 Å². The first-order valence-corrected chi connectivity index (χ1v) is 7.03. The van der Waals surface area contributed by atoms with Crippen LogP contribution in [0.25, 0.3) is 11.0 Å². The van der Waals surface area contributed by atoms with Gasteiger partial charge in [0.2, 0.25) is 11.2 Å². The van der Waals surface area contributed by atoms with Gasteiger partial charge in [0.1, 0.15) is 28.2 Å². The Labute approximate surface area is 138 Å². The fourth-order valence-corrected chi connectivity index (χ4v) is 2.53. The van der Waals surface area contributed by atoms with Crippen LogP contribution in [0.3, 0.4) is 0 Å². The Hall–Kier alpha value is -3.16. The van der Waals surface area contributed by atoms with Gasteiger partial charge in [-0.1, -0.05) is 12.1 Å². The molecule has 0 aliphatic heterocycles. The average Bonchev–Trinajstić information content (AvgIpc) is 2.50. The van der Waals surface area contributed by atoms with Crippen molar-refractivity contribution in [2.45, 2.75) is 12.6 Å². The smallest absolute Gasteiger partial charge is 0.449 e.